The molecule has 5 rings (SSSR count). The minimum atomic E-state index is -0.0654. The van der Waals surface area contributed by atoms with E-state index in [0.29, 0.717) is 58.3 Å². The van der Waals surface area contributed by atoms with Gasteiger partial charge in [-0.15, -0.1) is 0 Å². The number of hydrogen-bond donors (Lipinski definition) is 0. The van der Waals surface area contributed by atoms with Crippen LogP contribution in [0.5, 0.6) is 0 Å². The predicted molar refractivity (Wildman–Crippen MR) is 230 cm³/mol. The van der Waals surface area contributed by atoms with Crippen molar-refractivity contribution in [3.8, 4) is 0 Å². The lowest BCUT2D eigenvalue weighted by molar-refractivity contribution is -0.883. The number of allylic oxidation sites excluding steroid dienone is 1. The molecule has 5 saturated carbocycles. The van der Waals surface area contributed by atoms with E-state index in [2.05, 4.69) is 114 Å². The number of fused-ring (bicyclic) bond motifs is 7. The van der Waals surface area contributed by atoms with Gasteiger partial charge in [0, 0.05) is 17.4 Å². The second kappa shape index (κ2) is 16.5. The van der Waals surface area contributed by atoms with Crippen LogP contribution in [-0.2, 0) is 19.1 Å². The first-order chi connectivity index (χ1) is 25.8. The molecule has 0 spiro atoms. The molecular formula is C48H88N4O4+2. The summed E-state index contributed by atoms with van der Waals surface area (Å²) >= 11 is 0. The molecule has 0 aromatic carbocycles. The van der Waals surface area contributed by atoms with Gasteiger partial charge >= 0.3 is 11.9 Å². The van der Waals surface area contributed by atoms with E-state index >= 15 is 0 Å². The van der Waals surface area contributed by atoms with Gasteiger partial charge in [-0.3, -0.25) is 0 Å². The normalized spacial score (nSPS) is 38.0. The zero-order chi connectivity index (χ0) is 41.7. The Bertz CT molecular complexity index is 1420. The second-order valence-corrected chi connectivity index (χ2v) is 23.5. The van der Waals surface area contributed by atoms with Crippen LogP contribution in [0.4, 0.5) is 0 Å². The van der Waals surface area contributed by atoms with Crippen molar-refractivity contribution in [3.63, 3.8) is 0 Å². The standard InChI is InChI=1S/C48H88N4O4/c1-35(2)36-20-25-48(34-55-41(53)32-51(12,13)30-17-16-28-49(8)9)27-26-46(6)37(43(36)48)18-19-39-45(5)23-22-40(44(3,4)38(45)21-24-47(39,46)7)56-42(54)33-52(14,15)31-29-50(10)11/h36-40,43H,1,16-34H2,2-15H3/q+2/t36-,37?,38?,39?,40-,43?,45-,46+,47+,48+/m0/s1. The van der Waals surface area contributed by atoms with Gasteiger partial charge in [-0.05, 0) is 165 Å². The molecular weight excluding hydrogens is 697 g/mol. The van der Waals surface area contributed by atoms with Gasteiger partial charge in [0.05, 0.1) is 47.9 Å². The third kappa shape index (κ3) is 8.85. The molecule has 322 valence electrons. The van der Waals surface area contributed by atoms with Gasteiger partial charge in [-0.1, -0.05) is 46.8 Å². The van der Waals surface area contributed by atoms with Gasteiger partial charge in [-0.25, -0.2) is 9.59 Å². The fourth-order valence-electron chi connectivity index (χ4n) is 14.5. The molecule has 0 saturated heterocycles. The third-order valence-corrected chi connectivity index (χ3v) is 17.9. The monoisotopic (exact) mass is 785 g/mol. The molecule has 5 fully saturated rings. The van der Waals surface area contributed by atoms with Crippen molar-refractivity contribution in [2.45, 2.75) is 125 Å². The highest BCUT2D eigenvalue weighted by molar-refractivity contribution is 5.71. The minimum absolute atomic E-state index is 0.0271. The average Bonchev–Trinajstić information content (AvgIpc) is 3.46. The van der Waals surface area contributed by atoms with Crippen LogP contribution in [0.2, 0.25) is 0 Å². The van der Waals surface area contributed by atoms with E-state index in [9.17, 15) is 9.59 Å². The van der Waals surface area contributed by atoms with E-state index in [-0.39, 0.29) is 45.1 Å². The number of carbonyl (C=O) groups is 2. The number of ether oxygens (including phenoxy) is 2. The number of esters is 2. The number of unbranched alkanes of at least 4 members (excludes halogenated alkanes) is 1. The lowest BCUT2D eigenvalue weighted by Crippen LogP contribution is -2.67. The van der Waals surface area contributed by atoms with Gasteiger partial charge < -0.3 is 28.2 Å². The summed E-state index contributed by atoms with van der Waals surface area (Å²) in [5.41, 5.74) is 2.02. The predicted octanol–water partition coefficient (Wildman–Crippen LogP) is 8.16. The second-order valence-electron chi connectivity index (χ2n) is 23.5. The fraction of sp³-hybridized carbons (Fsp3) is 0.917. The Labute approximate surface area is 344 Å². The summed E-state index contributed by atoms with van der Waals surface area (Å²) in [6, 6.07) is 0. The van der Waals surface area contributed by atoms with Crippen molar-refractivity contribution in [1.29, 1.82) is 0 Å². The summed E-state index contributed by atoms with van der Waals surface area (Å²) in [5, 5.41) is 0. The smallest absolute Gasteiger partial charge is 0.362 e. The van der Waals surface area contributed by atoms with Gasteiger partial charge in [0.2, 0.25) is 0 Å². The highest BCUT2D eigenvalue weighted by atomic mass is 16.5. The van der Waals surface area contributed by atoms with E-state index in [1.165, 1.54) is 44.1 Å². The maximum atomic E-state index is 13.5. The van der Waals surface area contributed by atoms with E-state index < -0.39 is 0 Å². The van der Waals surface area contributed by atoms with Crippen molar-refractivity contribution >= 4 is 11.9 Å². The Kier molecular flexibility index (Phi) is 13.5. The zero-order valence-electron chi connectivity index (χ0n) is 39.0. The number of likely N-dealkylation sites (N-methyl/N-ethyl adjacent to an activating group) is 3. The van der Waals surface area contributed by atoms with Crippen LogP contribution in [0.3, 0.4) is 0 Å². The number of carbonyl (C=O) groups excluding carboxylic acids is 2. The molecule has 56 heavy (non-hydrogen) atoms. The Balaban J connectivity index is 1.30. The molecule has 4 unspecified atom stereocenters. The molecule has 0 bridgehead atoms. The van der Waals surface area contributed by atoms with Gasteiger partial charge in [0.25, 0.3) is 0 Å². The molecule has 0 aromatic heterocycles. The summed E-state index contributed by atoms with van der Waals surface area (Å²) in [4.78, 5) is 31.5. The SMILES string of the molecule is C=C(C)[C@@H]1CC[C@]2(COC(=O)C[N+](C)(C)CCCCN(C)C)CC[C@]3(C)C(CCC4[C@@]5(C)CC[C@H](OC(=O)C[N+](C)(C)CCN(C)C)C(C)(C)C5CC[C@]43C)C12. The summed E-state index contributed by atoms with van der Waals surface area (Å²) in [5.74, 6) is 2.76. The number of rotatable bonds is 16. The molecule has 0 aliphatic heterocycles. The molecule has 0 N–H and O–H groups in total. The highest BCUT2D eigenvalue weighted by Gasteiger charge is 2.71. The van der Waals surface area contributed by atoms with Crippen LogP contribution in [0.15, 0.2) is 12.2 Å². The van der Waals surface area contributed by atoms with Crippen LogP contribution >= 0.6 is 0 Å². The summed E-state index contributed by atoms with van der Waals surface area (Å²) in [6.07, 6.45) is 14.0. The summed E-state index contributed by atoms with van der Waals surface area (Å²) in [6.45, 7) is 25.2. The Hall–Kier alpha value is -1.48. The van der Waals surface area contributed by atoms with Crippen molar-refractivity contribution in [2.24, 2.45) is 56.7 Å². The molecule has 0 radical (unpaired) electrons. The van der Waals surface area contributed by atoms with E-state index in [4.69, 9.17) is 9.47 Å². The Morgan fingerprint density at radius 2 is 1.34 bits per heavy atom. The minimum Gasteiger partial charge on any atom is -0.461 e. The lowest BCUT2D eigenvalue weighted by atomic mass is 9.32. The van der Waals surface area contributed by atoms with Crippen LogP contribution in [0.25, 0.3) is 0 Å². The first-order valence-electron chi connectivity index (χ1n) is 22.8. The van der Waals surface area contributed by atoms with Crippen molar-refractivity contribution in [2.75, 3.05) is 102 Å². The third-order valence-electron chi connectivity index (χ3n) is 17.9. The number of nitrogens with zero attached hydrogens (tertiary/aromatic N) is 4. The molecule has 10 atom stereocenters. The van der Waals surface area contributed by atoms with Crippen LogP contribution in [0, 0.1) is 56.7 Å². The van der Waals surface area contributed by atoms with Gasteiger partial charge in [0.1, 0.15) is 6.10 Å². The van der Waals surface area contributed by atoms with Crippen LogP contribution < -0.4 is 0 Å². The zero-order valence-corrected chi connectivity index (χ0v) is 39.0. The van der Waals surface area contributed by atoms with Gasteiger partial charge in [0.15, 0.2) is 13.1 Å². The molecule has 5 aliphatic rings. The lowest BCUT2D eigenvalue weighted by Gasteiger charge is -2.73. The first-order valence-corrected chi connectivity index (χ1v) is 22.8. The van der Waals surface area contributed by atoms with Crippen molar-refractivity contribution in [1.82, 2.24) is 9.80 Å². The van der Waals surface area contributed by atoms with Crippen molar-refractivity contribution < 1.29 is 28.0 Å². The first kappa shape index (κ1) is 45.6. The Morgan fingerprint density at radius 1 is 0.696 bits per heavy atom. The summed E-state index contributed by atoms with van der Waals surface area (Å²) in [7, 11) is 17.1. The van der Waals surface area contributed by atoms with Crippen molar-refractivity contribution in [3.05, 3.63) is 12.2 Å². The maximum absolute atomic E-state index is 13.5. The van der Waals surface area contributed by atoms with E-state index in [1.54, 1.807) is 0 Å². The quantitative estimate of drug-likeness (QED) is 0.0682. The fourth-order valence-corrected chi connectivity index (χ4v) is 14.5. The van der Waals surface area contributed by atoms with E-state index in [0.717, 1.165) is 64.7 Å². The van der Waals surface area contributed by atoms with E-state index in [1.807, 2.05) is 0 Å². The van der Waals surface area contributed by atoms with Gasteiger partial charge in [-0.2, -0.15) is 0 Å². The molecule has 0 aromatic rings. The largest absolute Gasteiger partial charge is 0.461 e. The maximum Gasteiger partial charge on any atom is 0.362 e. The molecule has 0 heterocycles. The molecule has 0 amide bonds. The molecule has 8 heteroatoms. The highest BCUT2D eigenvalue weighted by Crippen LogP contribution is 2.77. The number of hydrogen-bond acceptors (Lipinski definition) is 6. The molecule has 5 aliphatic carbocycles. The Morgan fingerprint density at radius 3 is 1.98 bits per heavy atom. The molecule has 8 nitrogen and oxygen atoms in total. The van der Waals surface area contributed by atoms with Crippen LogP contribution in [-0.4, -0.2) is 139 Å². The van der Waals surface area contributed by atoms with Crippen LogP contribution in [0.1, 0.15) is 119 Å². The summed E-state index contributed by atoms with van der Waals surface area (Å²) < 4.78 is 14.2. The average molecular weight is 785 g/mol. The topological polar surface area (TPSA) is 59.1 Å². The number of quaternary nitrogens is 2.